The zero-order chi connectivity index (χ0) is 18.2. The standard InChI is InChI=1S/C17H33NO5/c1-9-12(3)15(13(21-8)11-14(19)22-10-2)18(7)16(20)23-17(4,5)6/h12-13,15H,9-11H2,1-8H3. The quantitative estimate of drug-likeness (QED) is 0.639. The third-order valence-corrected chi connectivity index (χ3v) is 3.71. The van der Waals surface area contributed by atoms with E-state index in [2.05, 4.69) is 0 Å². The van der Waals surface area contributed by atoms with E-state index >= 15 is 0 Å². The van der Waals surface area contributed by atoms with E-state index in [1.165, 1.54) is 4.90 Å². The third-order valence-electron chi connectivity index (χ3n) is 3.71. The third kappa shape index (κ3) is 7.68. The molecule has 0 saturated carbocycles. The smallest absolute Gasteiger partial charge is 0.410 e. The molecule has 0 aliphatic rings. The number of esters is 1. The highest BCUT2D eigenvalue weighted by Gasteiger charge is 2.35. The van der Waals surface area contributed by atoms with Crippen molar-refractivity contribution >= 4 is 12.1 Å². The summed E-state index contributed by atoms with van der Waals surface area (Å²) in [7, 11) is 3.23. The Kier molecular flexibility index (Phi) is 9.20. The molecule has 1 amide bonds. The Morgan fingerprint density at radius 1 is 1.17 bits per heavy atom. The van der Waals surface area contributed by atoms with Gasteiger partial charge in [-0.15, -0.1) is 0 Å². The number of amides is 1. The maximum absolute atomic E-state index is 12.4. The first-order valence-electron chi connectivity index (χ1n) is 8.21. The van der Waals surface area contributed by atoms with Gasteiger partial charge < -0.3 is 19.1 Å². The van der Waals surface area contributed by atoms with E-state index in [1.54, 1.807) is 21.1 Å². The number of hydrogen-bond acceptors (Lipinski definition) is 5. The van der Waals surface area contributed by atoms with E-state index in [-0.39, 0.29) is 24.3 Å². The summed E-state index contributed by atoms with van der Waals surface area (Å²) in [6.07, 6.45) is 0.0858. The van der Waals surface area contributed by atoms with Gasteiger partial charge in [0.2, 0.25) is 0 Å². The fraction of sp³-hybridized carbons (Fsp3) is 0.882. The Hall–Kier alpha value is -1.30. The molecule has 0 fully saturated rings. The molecule has 3 atom stereocenters. The molecule has 0 aromatic rings. The maximum Gasteiger partial charge on any atom is 0.410 e. The van der Waals surface area contributed by atoms with Crippen molar-refractivity contribution in [2.45, 2.75) is 72.1 Å². The molecule has 0 bridgehead atoms. The molecule has 0 aliphatic heterocycles. The van der Waals surface area contributed by atoms with Crippen LogP contribution >= 0.6 is 0 Å². The topological polar surface area (TPSA) is 65.1 Å². The first-order chi connectivity index (χ1) is 10.6. The first-order valence-corrected chi connectivity index (χ1v) is 8.21. The molecule has 3 unspecified atom stereocenters. The summed E-state index contributed by atoms with van der Waals surface area (Å²) >= 11 is 0. The molecule has 0 aromatic carbocycles. The molecule has 136 valence electrons. The minimum absolute atomic E-state index is 0.104. The van der Waals surface area contributed by atoms with Crippen molar-refractivity contribution in [2.75, 3.05) is 20.8 Å². The molecule has 0 rings (SSSR count). The van der Waals surface area contributed by atoms with Crippen LogP contribution in [0.1, 0.15) is 54.4 Å². The number of carbonyl (C=O) groups excluding carboxylic acids is 2. The van der Waals surface area contributed by atoms with Gasteiger partial charge in [-0.05, 0) is 33.6 Å². The summed E-state index contributed by atoms with van der Waals surface area (Å²) in [6.45, 7) is 11.6. The fourth-order valence-electron chi connectivity index (χ4n) is 2.42. The number of likely N-dealkylation sites (N-methyl/N-ethyl adjacent to an activating group) is 1. The van der Waals surface area contributed by atoms with E-state index in [1.807, 2.05) is 34.6 Å². The van der Waals surface area contributed by atoms with Crippen LogP contribution in [0.25, 0.3) is 0 Å². The lowest BCUT2D eigenvalue weighted by atomic mass is 9.91. The van der Waals surface area contributed by atoms with Gasteiger partial charge in [-0.2, -0.15) is 0 Å². The average Bonchev–Trinajstić information content (AvgIpc) is 2.44. The lowest BCUT2D eigenvalue weighted by Gasteiger charge is -2.38. The van der Waals surface area contributed by atoms with Gasteiger partial charge in [0.1, 0.15) is 5.60 Å². The van der Waals surface area contributed by atoms with E-state index in [9.17, 15) is 9.59 Å². The van der Waals surface area contributed by atoms with Crippen LogP contribution in [0.3, 0.4) is 0 Å². The van der Waals surface area contributed by atoms with E-state index in [0.717, 1.165) is 6.42 Å². The highest BCUT2D eigenvalue weighted by atomic mass is 16.6. The molecule has 23 heavy (non-hydrogen) atoms. The van der Waals surface area contributed by atoms with Gasteiger partial charge >= 0.3 is 12.1 Å². The Balaban J connectivity index is 5.23. The normalized spacial score (nSPS) is 15.5. The lowest BCUT2D eigenvalue weighted by molar-refractivity contribution is -0.147. The largest absolute Gasteiger partial charge is 0.466 e. The maximum atomic E-state index is 12.4. The SMILES string of the molecule is CCOC(=O)CC(OC)C(C(C)CC)N(C)C(=O)OC(C)(C)C. The van der Waals surface area contributed by atoms with Crippen LogP contribution in [0.5, 0.6) is 0 Å². The molecule has 0 aliphatic carbocycles. The van der Waals surface area contributed by atoms with Gasteiger partial charge in [-0.3, -0.25) is 4.79 Å². The molecular weight excluding hydrogens is 298 g/mol. The van der Waals surface area contributed by atoms with Crippen LogP contribution in [0.15, 0.2) is 0 Å². The predicted molar refractivity (Wildman–Crippen MR) is 89.3 cm³/mol. The summed E-state index contributed by atoms with van der Waals surface area (Å²) in [6, 6.07) is -0.274. The molecule has 0 radical (unpaired) electrons. The Bertz CT molecular complexity index is 378. The second kappa shape index (κ2) is 9.75. The number of nitrogens with zero attached hydrogens (tertiary/aromatic N) is 1. The van der Waals surface area contributed by atoms with Crippen molar-refractivity contribution in [1.29, 1.82) is 0 Å². The van der Waals surface area contributed by atoms with Crippen LogP contribution in [-0.4, -0.2) is 55.5 Å². The van der Waals surface area contributed by atoms with Gasteiger partial charge in [0.15, 0.2) is 0 Å². The first kappa shape index (κ1) is 21.7. The summed E-state index contributed by atoms with van der Waals surface area (Å²) < 4.78 is 15.9. The van der Waals surface area contributed by atoms with E-state index < -0.39 is 17.8 Å². The predicted octanol–water partition coefficient (Wildman–Crippen LogP) is 3.24. The number of ether oxygens (including phenoxy) is 3. The van der Waals surface area contributed by atoms with Gasteiger partial charge in [0, 0.05) is 14.2 Å². The minimum Gasteiger partial charge on any atom is -0.466 e. The molecular formula is C17H33NO5. The van der Waals surface area contributed by atoms with Gasteiger partial charge in [-0.1, -0.05) is 20.3 Å². The van der Waals surface area contributed by atoms with Crippen molar-refractivity contribution in [3.63, 3.8) is 0 Å². The summed E-state index contributed by atoms with van der Waals surface area (Å²) in [4.78, 5) is 25.7. The summed E-state index contributed by atoms with van der Waals surface area (Å²) in [5.41, 5.74) is -0.574. The molecule has 6 nitrogen and oxygen atoms in total. The van der Waals surface area contributed by atoms with Crippen LogP contribution in [0.4, 0.5) is 4.79 Å². The van der Waals surface area contributed by atoms with E-state index in [0.29, 0.717) is 6.61 Å². The van der Waals surface area contributed by atoms with Crippen molar-refractivity contribution < 1.29 is 23.8 Å². The highest BCUT2D eigenvalue weighted by molar-refractivity contribution is 5.71. The number of rotatable bonds is 8. The number of carbonyl (C=O) groups is 2. The Labute approximate surface area is 140 Å². The van der Waals surface area contributed by atoms with Gasteiger partial charge in [0.05, 0.1) is 25.2 Å². The number of methoxy groups -OCH3 is 1. The Morgan fingerprint density at radius 2 is 1.74 bits per heavy atom. The highest BCUT2D eigenvalue weighted by Crippen LogP contribution is 2.23. The Morgan fingerprint density at radius 3 is 2.13 bits per heavy atom. The molecule has 0 saturated heterocycles. The lowest BCUT2D eigenvalue weighted by Crippen LogP contribution is -2.51. The van der Waals surface area contributed by atoms with Gasteiger partial charge in [-0.25, -0.2) is 4.79 Å². The van der Waals surface area contributed by atoms with Gasteiger partial charge in [0.25, 0.3) is 0 Å². The number of hydrogen-bond donors (Lipinski definition) is 0. The summed E-state index contributed by atoms with van der Waals surface area (Å²) in [5, 5.41) is 0. The van der Waals surface area contributed by atoms with Crippen LogP contribution in [0, 0.1) is 5.92 Å². The molecule has 0 aromatic heterocycles. The van der Waals surface area contributed by atoms with Crippen LogP contribution in [0.2, 0.25) is 0 Å². The fourth-order valence-corrected chi connectivity index (χ4v) is 2.42. The average molecular weight is 331 g/mol. The molecule has 0 spiro atoms. The second-order valence-electron chi connectivity index (χ2n) is 6.75. The zero-order valence-corrected chi connectivity index (χ0v) is 15.8. The van der Waals surface area contributed by atoms with Crippen molar-refractivity contribution in [2.24, 2.45) is 5.92 Å². The van der Waals surface area contributed by atoms with Crippen molar-refractivity contribution in [3.05, 3.63) is 0 Å². The summed E-state index contributed by atoms with van der Waals surface area (Å²) in [5.74, 6) is -0.183. The zero-order valence-electron chi connectivity index (χ0n) is 15.8. The van der Waals surface area contributed by atoms with Crippen molar-refractivity contribution in [3.8, 4) is 0 Å². The van der Waals surface area contributed by atoms with E-state index in [4.69, 9.17) is 14.2 Å². The molecule has 6 heteroatoms. The second-order valence-corrected chi connectivity index (χ2v) is 6.75. The minimum atomic E-state index is -0.574. The molecule has 0 N–H and O–H groups in total. The molecule has 0 heterocycles. The van der Waals surface area contributed by atoms with Crippen LogP contribution in [-0.2, 0) is 19.0 Å². The van der Waals surface area contributed by atoms with Crippen molar-refractivity contribution in [1.82, 2.24) is 4.90 Å². The van der Waals surface area contributed by atoms with Crippen LogP contribution < -0.4 is 0 Å². The monoisotopic (exact) mass is 331 g/mol.